The van der Waals surface area contributed by atoms with Crippen molar-refractivity contribution in [3.8, 4) is 11.1 Å². The molecule has 3 rings (SSSR count). The summed E-state index contributed by atoms with van der Waals surface area (Å²) in [5.41, 5.74) is 6.62. The third-order valence-corrected chi connectivity index (χ3v) is 4.46. The molecule has 2 N–H and O–H groups in total. The van der Waals surface area contributed by atoms with Gasteiger partial charge in [0.1, 0.15) is 0 Å². The summed E-state index contributed by atoms with van der Waals surface area (Å²) in [6.07, 6.45) is 4.63. The Labute approximate surface area is 154 Å². The van der Waals surface area contributed by atoms with E-state index in [9.17, 15) is 4.79 Å². The van der Waals surface area contributed by atoms with Crippen LogP contribution in [0.1, 0.15) is 16.7 Å². The SMILES string of the molecule is Cc1ccc(NC(=O)NCCc2ccc(-c3cnn(C)c3)cc2)cc1C. The predicted octanol–water partition coefficient (Wildman–Crippen LogP) is 4.07. The highest BCUT2D eigenvalue weighted by Gasteiger charge is 2.04. The van der Waals surface area contributed by atoms with Gasteiger partial charge in [0, 0.05) is 31.0 Å². The maximum Gasteiger partial charge on any atom is 0.319 e. The summed E-state index contributed by atoms with van der Waals surface area (Å²) < 4.78 is 1.79. The summed E-state index contributed by atoms with van der Waals surface area (Å²) >= 11 is 0. The Morgan fingerprint density at radius 2 is 1.81 bits per heavy atom. The number of hydrogen-bond donors (Lipinski definition) is 2. The van der Waals surface area contributed by atoms with Crippen LogP contribution in [0.2, 0.25) is 0 Å². The van der Waals surface area contributed by atoms with Gasteiger partial charge in [0.15, 0.2) is 0 Å². The Bertz CT molecular complexity index is 897. The molecule has 0 aliphatic carbocycles. The molecular formula is C21H24N4O. The van der Waals surface area contributed by atoms with Gasteiger partial charge in [-0.2, -0.15) is 5.10 Å². The lowest BCUT2D eigenvalue weighted by Gasteiger charge is -2.09. The predicted molar refractivity (Wildman–Crippen MR) is 105 cm³/mol. The first-order chi connectivity index (χ1) is 12.5. The summed E-state index contributed by atoms with van der Waals surface area (Å²) in [6, 6.07) is 14.1. The van der Waals surface area contributed by atoms with Gasteiger partial charge in [-0.05, 0) is 54.7 Å². The third kappa shape index (κ3) is 4.51. The Morgan fingerprint density at radius 1 is 1.04 bits per heavy atom. The lowest BCUT2D eigenvalue weighted by atomic mass is 10.1. The Morgan fingerprint density at radius 3 is 2.46 bits per heavy atom. The van der Waals surface area contributed by atoms with Crippen molar-refractivity contribution < 1.29 is 4.79 Å². The van der Waals surface area contributed by atoms with Crippen molar-refractivity contribution in [2.75, 3.05) is 11.9 Å². The first-order valence-electron chi connectivity index (χ1n) is 8.71. The van der Waals surface area contributed by atoms with E-state index >= 15 is 0 Å². The monoisotopic (exact) mass is 348 g/mol. The van der Waals surface area contributed by atoms with E-state index in [1.54, 1.807) is 4.68 Å². The third-order valence-electron chi connectivity index (χ3n) is 4.46. The number of carbonyl (C=O) groups is 1. The van der Waals surface area contributed by atoms with Crippen LogP contribution >= 0.6 is 0 Å². The minimum Gasteiger partial charge on any atom is -0.338 e. The lowest BCUT2D eigenvalue weighted by Crippen LogP contribution is -2.30. The molecule has 0 atom stereocenters. The van der Waals surface area contributed by atoms with Crippen LogP contribution in [0.15, 0.2) is 54.9 Å². The molecule has 0 bridgehead atoms. The fraction of sp³-hybridized carbons (Fsp3) is 0.238. The molecule has 0 aliphatic heterocycles. The van der Waals surface area contributed by atoms with Crippen LogP contribution in [0.4, 0.5) is 10.5 Å². The standard InChI is InChI=1S/C21H24N4O/c1-15-4-9-20(12-16(15)2)24-21(26)22-11-10-17-5-7-18(8-6-17)19-13-23-25(3)14-19/h4-9,12-14H,10-11H2,1-3H3,(H2,22,24,26). The normalized spacial score (nSPS) is 10.6. The van der Waals surface area contributed by atoms with E-state index in [1.165, 1.54) is 11.1 Å². The maximum atomic E-state index is 12.0. The van der Waals surface area contributed by atoms with Crippen molar-refractivity contribution in [3.05, 3.63) is 71.5 Å². The topological polar surface area (TPSA) is 59.0 Å². The molecule has 2 aromatic carbocycles. The highest BCUT2D eigenvalue weighted by Crippen LogP contribution is 2.19. The summed E-state index contributed by atoms with van der Waals surface area (Å²) in [4.78, 5) is 12.0. The van der Waals surface area contributed by atoms with Gasteiger partial charge in [0.2, 0.25) is 0 Å². The second-order valence-electron chi connectivity index (χ2n) is 6.53. The lowest BCUT2D eigenvalue weighted by molar-refractivity contribution is 0.252. The van der Waals surface area contributed by atoms with Crippen LogP contribution in [0, 0.1) is 13.8 Å². The Hall–Kier alpha value is -3.08. The van der Waals surface area contributed by atoms with Gasteiger partial charge in [0.05, 0.1) is 6.20 Å². The van der Waals surface area contributed by atoms with E-state index in [2.05, 4.69) is 46.9 Å². The van der Waals surface area contributed by atoms with Crippen molar-refractivity contribution >= 4 is 11.7 Å². The van der Waals surface area contributed by atoms with Crippen LogP contribution < -0.4 is 10.6 Å². The van der Waals surface area contributed by atoms with Crippen molar-refractivity contribution in [2.24, 2.45) is 7.05 Å². The van der Waals surface area contributed by atoms with Gasteiger partial charge in [-0.25, -0.2) is 4.79 Å². The molecule has 1 aromatic heterocycles. The van der Waals surface area contributed by atoms with E-state index in [0.717, 1.165) is 28.8 Å². The average Bonchev–Trinajstić information content (AvgIpc) is 3.05. The molecule has 5 heteroatoms. The summed E-state index contributed by atoms with van der Waals surface area (Å²) in [6.45, 7) is 4.68. The van der Waals surface area contributed by atoms with Crippen molar-refractivity contribution in [1.82, 2.24) is 15.1 Å². The molecule has 0 saturated carbocycles. The second-order valence-corrected chi connectivity index (χ2v) is 6.53. The van der Waals surface area contributed by atoms with Crippen LogP contribution in [0.5, 0.6) is 0 Å². The second kappa shape index (κ2) is 7.87. The van der Waals surface area contributed by atoms with Crippen molar-refractivity contribution in [3.63, 3.8) is 0 Å². The van der Waals surface area contributed by atoms with Crippen LogP contribution in [-0.4, -0.2) is 22.4 Å². The van der Waals surface area contributed by atoms with E-state index in [-0.39, 0.29) is 6.03 Å². The molecule has 0 fully saturated rings. The fourth-order valence-electron chi connectivity index (χ4n) is 2.75. The first kappa shape index (κ1) is 17.7. The molecule has 1 heterocycles. The van der Waals surface area contributed by atoms with Gasteiger partial charge in [-0.3, -0.25) is 4.68 Å². The summed E-state index contributed by atoms with van der Waals surface area (Å²) in [5, 5.41) is 9.96. The summed E-state index contributed by atoms with van der Waals surface area (Å²) in [7, 11) is 1.91. The molecule has 134 valence electrons. The molecule has 26 heavy (non-hydrogen) atoms. The van der Waals surface area contributed by atoms with Crippen LogP contribution in [0.25, 0.3) is 11.1 Å². The van der Waals surface area contributed by atoms with E-state index in [4.69, 9.17) is 0 Å². The van der Waals surface area contributed by atoms with Crippen LogP contribution in [-0.2, 0) is 13.5 Å². The number of carbonyl (C=O) groups excluding carboxylic acids is 1. The molecule has 0 saturated heterocycles. The zero-order valence-corrected chi connectivity index (χ0v) is 15.4. The minimum atomic E-state index is -0.180. The molecular weight excluding hydrogens is 324 g/mol. The number of aromatic nitrogens is 2. The molecule has 0 aliphatic rings. The van der Waals surface area contributed by atoms with E-state index in [1.807, 2.05) is 44.6 Å². The zero-order valence-electron chi connectivity index (χ0n) is 15.4. The van der Waals surface area contributed by atoms with Gasteiger partial charge in [-0.1, -0.05) is 30.3 Å². The number of amides is 2. The van der Waals surface area contributed by atoms with Crippen LogP contribution in [0.3, 0.4) is 0 Å². The highest BCUT2D eigenvalue weighted by molar-refractivity contribution is 5.89. The largest absolute Gasteiger partial charge is 0.338 e. The van der Waals surface area contributed by atoms with Gasteiger partial charge in [-0.15, -0.1) is 0 Å². The number of nitrogens with zero attached hydrogens (tertiary/aromatic N) is 2. The molecule has 3 aromatic rings. The molecule has 0 unspecified atom stereocenters. The number of rotatable bonds is 5. The minimum absolute atomic E-state index is 0.180. The average molecular weight is 348 g/mol. The number of anilines is 1. The van der Waals surface area contributed by atoms with E-state index in [0.29, 0.717) is 6.54 Å². The van der Waals surface area contributed by atoms with Gasteiger partial charge < -0.3 is 10.6 Å². The highest BCUT2D eigenvalue weighted by atomic mass is 16.2. The Kier molecular flexibility index (Phi) is 5.37. The molecule has 2 amide bonds. The van der Waals surface area contributed by atoms with Gasteiger partial charge >= 0.3 is 6.03 Å². The van der Waals surface area contributed by atoms with Crippen molar-refractivity contribution in [1.29, 1.82) is 0 Å². The zero-order chi connectivity index (χ0) is 18.5. The quantitative estimate of drug-likeness (QED) is 0.730. The molecule has 0 spiro atoms. The first-order valence-corrected chi connectivity index (χ1v) is 8.71. The molecule has 5 nitrogen and oxygen atoms in total. The van der Waals surface area contributed by atoms with Gasteiger partial charge in [0.25, 0.3) is 0 Å². The number of hydrogen-bond acceptors (Lipinski definition) is 2. The Balaban J connectivity index is 1.48. The summed E-state index contributed by atoms with van der Waals surface area (Å²) in [5.74, 6) is 0. The smallest absolute Gasteiger partial charge is 0.319 e. The number of urea groups is 1. The number of nitrogens with one attached hydrogen (secondary N) is 2. The number of benzene rings is 2. The van der Waals surface area contributed by atoms with Crippen molar-refractivity contribution in [2.45, 2.75) is 20.3 Å². The maximum absolute atomic E-state index is 12.0. The molecule has 0 radical (unpaired) electrons. The fourth-order valence-corrected chi connectivity index (χ4v) is 2.75. The number of aryl methyl sites for hydroxylation is 3. The van der Waals surface area contributed by atoms with E-state index < -0.39 is 0 Å².